The molecule has 0 heterocycles. The van der Waals surface area contributed by atoms with Crippen LogP contribution in [-0.2, 0) is 11.3 Å². The number of rotatable bonds is 5. The summed E-state index contributed by atoms with van der Waals surface area (Å²) in [7, 11) is 0. The van der Waals surface area contributed by atoms with Crippen molar-refractivity contribution in [3.05, 3.63) is 71.3 Å². The lowest BCUT2D eigenvalue weighted by Gasteiger charge is -2.14. The Balaban J connectivity index is 1.97. The van der Waals surface area contributed by atoms with E-state index in [2.05, 4.69) is 31.2 Å². The van der Waals surface area contributed by atoms with E-state index in [1.54, 1.807) is 0 Å². The van der Waals surface area contributed by atoms with E-state index in [1.165, 1.54) is 5.56 Å². The second-order valence-electron chi connectivity index (χ2n) is 4.72. The third kappa shape index (κ3) is 4.09. The van der Waals surface area contributed by atoms with Crippen molar-refractivity contribution in [3.8, 4) is 0 Å². The molecule has 2 rings (SSSR count). The monoisotopic (exact) mass is 274 g/mol. The Hall–Kier alpha value is -1.31. The minimum Gasteiger partial charge on any atom is -0.369 e. The third-order valence-electron chi connectivity index (χ3n) is 3.18. The van der Waals surface area contributed by atoms with Crippen LogP contribution in [0.2, 0.25) is 0 Å². The van der Waals surface area contributed by atoms with Crippen molar-refractivity contribution >= 4 is 11.6 Å². The third-order valence-corrected chi connectivity index (χ3v) is 3.43. The summed E-state index contributed by atoms with van der Waals surface area (Å²) < 4.78 is 5.91. The molecule has 0 spiro atoms. The zero-order valence-corrected chi connectivity index (χ0v) is 12.1. The minimum atomic E-state index is 0.0338. The molecule has 19 heavy (non-hydrogen) atoms. The predicted molar refractivity (Wildman–Crippen MR) is 80.4 cm³/mol. The Bertz CT molecular complexity index is 508. The number of benzene rings is 2. The largest absolute Gasteiger partial charge is 0.369 e. The first-order chi connectivity index (χ1) is 9.16. The van der Waals surface area contributed by atoms with Gasteiger partial charge < -0.3 is 4.74 Å². The van der Waals surface area contributed by atoms with Crippen molar-refractivity contribution in [2.45, 2.75) is 31.9 Å². The molecular formula is C17H19ClO. The zero-order chi connectivity index (χ0) is 13.7. The summed E-state index contributed by atoms with van der Waals surface area (Å²) in [6.07, 6.45) is 0.0956. The van der Waals surface area contributed by atoms with E-state index in [4.69, 9.17) is 16.3 Å². The molecule has 0 saturated heterocycles. The number of alkyl halides is 1. The predicted octanol–water partition coefficient (Wildman–Crippen LogP) is 5.26. The molecule has 0 radical (unpaired) electrons. The van der Waals surface area contributed by atoms with Gasteiger partial charge in [0.15, 0.2) is 0 Å². The normalized spacial score (nSPS) is 14.1. The van der Waals surface area contributed by atoms with E-state index in [0.717, 1.165) is 11.1 Å². The highest BCUT2D eigenvalue weighted by Gasteiger charge is 2.06. The highest BCUT2D eigenvalue weighted by atomic mass is 35.5. The molecule has 100 valence electrons. The summed E-state index contributed by atoms with van der Waals surface area (Å²) in [5.74, 6) is 0. The second kappa shape index (κ2) is 6.74. The molecule has 0 amide bonds. The summed E-state index contributed by atoms with van der Waals surface area (Å²) in [6.45, 7) is 4.66. The Morgan fingerprint density at radius 3 is 2.32 bits per heavy atom. The fourth-order valence-corrected chi connectivity index (χ4v) is 2.11. The lowest BCUT2D eigenvalue weighted by atomic mass is 10.1. The van der Waals surface area contributed by atoms with E-state index in [1.807, 2.05) is 37.3 Å². The molecule has 0 unspecified atom stereocenters. The van der Waals surface area contributed by atoms with E-state index in [-0.39, 0.29) is 11.5 Å². The van der Waals surface area contributed by atoms with Crippen LogP contribution in [0.3, 0.4) is 0 Å². The molecule has 2 aromatic rings. The molecule has 1 nitrogen and oxygen atoms in total. The van der Waals surface area contributed by atoms with Crippen molar-refractivity contribution in [1.82, 2.24) is 0 Å². The van der Waals surface area contributed by atoms with Crippen LogP contribution in [0, 0.1) is 0 Å². The molecule has 2 heteroatoms. The second-order valence-corrected chi connectivity index (χ2v) is 5.38. The fraction of sp³-hybridized carbons (Fsp3) is 0.294. The van der Waals surface area contributed by atoms with Gasteiger partial charge in [0.25, 0.3) is 0 Å². The van der Waals surface area contributed by atoms with Crippen molar-refractivity contribution in [3.63, 3.8) is 0 Å². The molecular weight excluding hydrogens is 256 g/mol. The smallest absolute Gasteiger partial charge is 0.0801 e. The summed E-state index contributed by atoms with van der Waals surface area (Å²) in [4.78, 5) is 0. The van der Waals surface area contributed by atoms with Gasteiger partial charge in [-0.05, 0) is 30.5 Å². The Labute approximate surface area is 120 Å². The Kier molecular flexibility index (Phi) is 5.00. The van der Waals surface area contributed by atoms with E-state index >= 15 is 0 Å². The molecule has 0 bridgehead atoms. The maximum absolute atomic E-state index is 6.09. The van der Waals surface area contributed by atoms with Gasteiger partial charge in [-0.2, -0.15) is 0 Å². The maximum atomic E-state index is 6.09. The van der Waals surface area contributed by atoms with Gasteiger partial charge in [-0.15, -0.1) is 11.6 Å². The van der Waals surface area contributed by atoms with Crippen molar-refractivity contribution < 1.29 is 4.74 Å². The van der Waals surface area contributed by atoms with Crippen LogP contribution < -0.4 is 0 Å². The molecule has 0 aliphatic heterocycles. The summed E-state index contributed by atoms with van der Waals surface area (Å²) in [6, 6.07) is 18.5. The SMILES string of the molecule is C[C@H](Cl)c1cccc(CO[C@H](C)c2ccccc2)c1. The van der Waals surface area contributed by atoms with Crippen LogP contribution in [0.5, 0.6) is 0 Å². The molecule has 2 atom stereocenters. The highest BCUT2D eigenvalue weighted by molar-refractivity contribution is 6.20. The van der Waals surface area contributed by atoms with E-state index in [0.29, 0.717) is 6.61 Å². The topological polar surface area (TPSA) is 9.23 Å². The lowest BCUT2D eigenvalue weighted by molar-refractivity contribution is 0.0525. The number of hydrogen-bond acceptors (Lipinski definition) is 1. The first-order valence-corrected chi connectivity index (χ1v) is 7.00. The number of halogens is 1. The minimum absolute atomic E-state index is 0.0338. The Morgan fingerprint density at radius 1 is 0.947 bits per heavy atom. The molecule has 2 aromatic carbocycles. The maximum Gasteiger partial charge on any atom is 0.0801 e. The van der Waals surface area contributed by atoms with Gasteiger partial charge >= 0.3 is 0 Å². The van der Waals surface area contributed by atoms with E-state index in [9.17, 15) is 0 Å². The van der Waals surface area contributed by atoms with Gasteiger partial charge in [-0.25, -0.2) is 0 Å². The van der Waals surface area contributed by atoms with Crippen molar-refractivity contribution in [2.75, 3.05) is 0 Å². The highest BCUT2D eigenvalue weighted by Crippen LogP contribution is 2.22. The van der Waals surface area contributed by atoms with Crippen LogP contribution in [0.15, 0.2) is 54.6 Å². The lowest BCUT2D eigenvalue weighted by Crippen LogP contribution is -2.00. The van der Waals surface area contributed by atoms with Crippen molar-refractivity contribution in [2.24, 2.45) is 0 Å². The standard InChI is InChI=1S/C17H19ClO/c1-13(18)17-10-6-7-15(11-17)12-19-14(2)16-8-4-3-5-9-16/h3-11,13-14H,12H2,1-2H3/t13-,14+/m0/s1. The average molecular weight is 275 g/mol. The van der Waals surface area contributed by atoms with Gasteiger partial charge in [0.2, 0.25) is 0 Å². The molecule has 0 aromatic heterocycles. The molecule has 0 aliphatic carbocycles. The summed E-state index contributed by atoms with van der Waals surface area (Å²) in [5, 5.41) is 0.0338. The Morgan fingerprint density at radius 2 is 1.63 bits per heavy atom. The summed E-state index contributed by atoms with van der Waals surface area (Å²) >= 11 is 6.09. The van der Waals surface area contributed by atoms with E-state index < -0.39 is 0 Å². The van der Waals surface area contributed by atoms with Crippen LogP contribution in [-0.4, -0.2) is 0 Å². The molecule has 0 fully saturated rings. The molecule has 0 aliphatic rings. The summed E-state index contributed by atoms with van der Waals surface area (Å²) in [5.41, 5.74) is 3.49. The van der Waals surface area contributed by atoms with Crippen LogP contribution in [0.1, 0.15) is 42.0 Å². The quantitative estimate of drug-likeness (QED) is 0.676. The van der Waals surface area contributed by atoms with Crippen LogP contribution in [0.4, 0.5) is 0 Å². The first kappa shape index (κ1) is 14.1. The number of hydrogen-bond donors (Lipinski definition) is 0. The first-order valence-electron chi connectivity index (χ1n) is 6.56. The van der Waals surface area contributed by atoms with Gasteiger partial charge in [0.05, 0.1) is 18.1 Å². The van der Waals surface area contributed by atoms with Gasteiger partial charge in [-0.1, -0.05) is 54.6 Å². The molecule has 0 N–H and O–H groups in total. The number of ether oxygens (including phenoxy) is 1. The van der Waals surface area contributed by atoms with Gasteiger partial charge in [0.1, 0.15) is 0 Å². The fourth-order valence-electron chi connectivity index (χ4n) is 1.97. The van der Waals surface area contributed by atoms with Gasteiger partial charge in [-0.3, -0.25) is 0 Å². The van der Waals surface area contributed by atoms with Crippen LogP contribution >= 0.6 is 11.6 Å². The zero-order valence-electron chi connectivity index (χ0n) is 11.3. The van der Waals surface area contributed by atoms with Crippen LogP contribution in [0.25, 0.3) is 0 Å². The average Bonchev–Trinajstić information content (AvgIpc) is 2.46. The molecule has 0 saturated carbocycles. The van der Waals surface area contributed by atoms with Gasteiger partial charge in [0, 0.05) is 0 Å². The van der Waals surface area contributed by atoms with Crippen molar-refractivity contribution in [1.29, 1.82) is 0 Å².